The molecule has 3 aromatic rings. The molecule has 0 saturated heterocycles. The molecule has 3 rings (SSSR count). The fourth-order valence-electron chi connectivity index (χ4n) is 2.70. The first-order valence-corrected chi connectivity index (χ1v) is 9.18. The third-order valence-corrected chi connectivity index (χ3v) is 4.76. The van der Waals surface area contributed by atoms with Gasteiger partial charge >= 0.3 is 0 Å². The molecule has 0 bridgehead atoms. The molecule has 2 aromatic carbocycles. The molecule has 0 unspecified atom stereocenters. The molecular weight excluding hydrogens is 375 g/mol. The maximum absolute atomic E-state index is 14.3. The molecule has 29 heavy (non-hydrogen) atoms. The van der Waals surface area contributed by atoms with Crippen molar-refractivity contribution >= 4 is 11.6 Å². The van der Waals surface area contributed by atoms with Crippen LogP contribution in [0.25, 0.3) is 16.9 Å². The van der Waals surface area contributed by atoms with Crippen LogP contribution in [-0.4, -0.2) is 26.7 Å². The average molecular weight is 396 g/mol. The predicted molar refractivity (Wildman–Crippen MR) is 107 cm³/mol. The van der Waals surface area contributed by atoms with E-state index in [0.717, 1.165) is 0 Å². The highest BCUT2D eigenvalue weighted by molar-refractivity contribution is 5.94. The molecule has 0 aliphatic carbocycles. The average Bonchev–Trinajstić information content (AvgIpc) is 3.13. The molecule has 0 fully saturated rings. The summed E-state index contributed by atoms with van der Waals surface area (Å²) >= 11 is 0. The van der Waals surface area contributed by atoms with Crippen molar-refractivity contribution < 1.29 is 14.1 Å². The number of nitro groups is 1. The van der Waals surface area contributed by atoms with E-state index in [0.29, 0.717) is 11.4 Å². The van der Waals surface area contributed by atoms with Gasteiger partial charge in [0.05, 0.1) is 16.3 Å². The second-order valence-corrected chi connectivity index (χ2v) is 7.09. The summed E-state index contributed by atoms with van der Waals surface area (Å²) in [6.07, 6.45) is 0. The van der Waals surface area contributed by atoms with Crippen molar-refractivity contribution in [3.05, 3.63) is 76.2 Å². The van der Waals surface area contributed by atoms with Crippen LogP contribution >= 0.6 is 0 Å². The third kappa shape index (κ3) is 4.31. The molecule has 8 heteroatoms. The van der Waals surface area contributed by atoms with Crippen LogP contribution in [0.15, 0.2) is 54.6 Å². The Bertz CT molecular complexity index is 1040. The van der Waals surface area contributed by atoms with E-state index in [-0.39, 0.29) is 34.8 Å². The highest BCUT2D eigenvalue weighted by Gasteiger charge is 2.21. The zero-order valence-corrected chi connectivity index (χ0v) is 16.3. The predicted octanol–water partition coefficient (Wildman–Crippen LogP) is 4.36. The van der Waals surface area contributed by atoms with Crippen LogP contribution in [0.3, 0.4) is 0 Å². The molecule has 0 saturated carbocycles. The number of aromatic nitrogens is 2. The molecule has 1 amide bonds. The van der Waals surface area contributed by atoms with Gasteiger partial charge in [-0.2, -0.15) is 5.10 Å². The minimum atomic E-state index is -0.504. The zero-order valence-electron chi connectivity index (χ0n) is 16.3. The smallest absolute Gasteiger partial charge is 0.270 e. The van der Waals surface area contributed by atoms with Crippen LogP contribution in [0.1, 0.15) is 31.3 Å². The van der Waals surface area contributed by atoms with Gasteiger partial charge in [-0.05, 0) is 43.2 Å². The second-order valence-electron chi connectivity index (χ2n) is 7.09. The first-order chi connectivity index (χ1) is 13.8. The molecule has 0 spiro atoms. The number of amides is 1. The lowest BCUT2D eigenvalue weighted by atomic mass is 10.1. The Labute approximate surface area is 167 Å². The third-order valence-electron chi connectivity index (χ3n) is 4.76. The van der Waals surface area contributed by atoms with Crippen LogP contribution in [0.4, 0.5) is 10.1 Å². The summed E-state index contributed by atoms with van der Waals surface area (Å²) in [5.41, 5.74) is 1.16. The summed E-state index contributed by atoms with van der Waals surface area (Å²) in [4.78, 5) is 23.3. The molecule has 0 aliphatic rings. The molecule has 7 nitrogen and oxygen atoms in total. The van der Waals surface area contributed by atoms with Crippen molar-refractivity contribution in [2.75, 3.05) is 0 Å². The standard InChI is InChI=1S/C21H21FN4O3/c1-13(2)14(3)23-21(27)20-12-19(17-6-4-5-7-18(17)22)24-25(20)15-8-10-16(11-9-15)26(28)29/h4-14H,1-3H3,(H,23,27)/t14-/m0/s1. The number of non-ortho nitro benzene ring substituents is 1. The summed E-state index contributed by atoms with van der Waals surface area (Å²) in [5, 5.41) is 18.2. The summed E-state index contributed by atoms with van der Waals surface area (Å²) in [7, 11) is 0. The van der Waals surface area contributed by atoms with Crippen molar-refractivity contribution in [2.45, 2.75) is 26.8 Å². The number of nitro benzene ring substituents is 1. The Hall–Kier alpha value is -3.55. The Morgan fingerprint density at radius 2 is 1.79 bits per heavy atom. The Morgan fingerprint density at radius 1 is 1.14 bits per heavy atom. The SMILES string of the molecule is CC(C)[C@H](C)NC(=O)c1cc(-c2ccccc2F)nn1-c1ccc([N+](=O)[O-])cc1. The van der Waals surface area contributed by atoms with Crippen LogP contribution < -0.4 is 5.32 Å². The van der Waals surface area contributed by atoms with Gasteiger partial charge in [-0.1, -0.05) is 26.0 Å². The van der Waals surface area contributed by atoms with E-state index >= 15 is 0 Å². The van der Waals surface area contributed by atoms with E-state index in [2.05, 4.69) is 10.4 Å². The van der Waals surface area contributed by atoms with E-state index in [9.17, 15) is 19.3 Å². The number of hydrogen-bond donors (Lipinski definition) is 1. The molecule has 0 radical (unpaired) electrons. The number of carbonyl (C=O) groups excluding carboxylic acids is 1. The number of nitrogens with zero attached hydrogens (tertiary/aromatic N) is 3. The maximum Gasteiger partial charge on any atom is 0.270 e. The number of benzene rings is 2. The molecule has 0 aliphatic heterocycles. The number of rotatable bonds is 6. The fourth-order valence-corrected chi connectivity index (χ4v) is 2.70. The number of hydrogen-bond acceptors (Lipinski definition) is 4. The zero-order chi connectivity index (χ0) is 21.1. The number of nitrogens with one attached hydrogen (secondary N) is 1. The monoisotopic (exact) mass is 396 g/mol. The minimum Gasteiger partial charge on any atom is -0.348 e. The van der Waals surface area contributed by atoms with Crippen molar-refractivity contribution in [1.82, 2.24) is 15.1 Å². The maximum atomic E-state index is 14.3. The number of carbonyl (C=O) groups is 1. The second kappa shape index (κ2) is 8.22. The fraction of sp³-hybridized carbons (Fsp3) is 0.238. The molecule has 1 atom stereocenters. The van der Waals surface area contributed by atoms with Gasteiger partial charge in [0.2, 0.25) is 0 Å². The van der Waals surface area contributed by atoms with E-state index in [1.165, 1.54) is 41.1 Å². The minimum absolute atomic E-state index is 0.0744. The number of halogens is 1. The van der Waals surface area contributed by atoms with Crippen LogP contribution in [0, 0.1) is 21.8 Å². The lowest BCUT2D eigenvalue weighted by Crippen LogP contribution is -2.37. The van der Waals surface area contributed by atoms with Gasteiger partial charge in [0.15, 0.2) is 0 Å². The molecule has 150 valence electrons. The summed E-state index contributed by atoms with van der Waals surface area (Å²) < 4.78 is 15.6. The summed E-state index contributed by atoms with van der Waals surface area (Å²) in [6, 6.07) is 13.3. The first-order valence-electron chi connectivity index (χ1n) is 9.18. The van der Waals surface area contributed by atoms with Gasteiger partial charge in [-0.25, -0.2) is 9.07 Å². The van der Waals surface area contributed by atoms with Gasteiger partial charge in [0.1, 0.15) is 11.5 Å². The molecule has 1 aromatic heterocycles. The molecule has 1 N–H and O–H groups in total. The largest absolute Gasteiger partial charge is 0.348 e. The van der Waals surface area contributed by atoms with Gasteiger partial charge in [-0.3, -0.25) is 14.9 Å². The first kappa shape index (κ1) is 20.2. The summed E-state index contributed by atoms with van der Waals surface area (Å²) in [6.45, 7) is 5.87. The highest BCUT2D eigenvalue weighted by atomic mass is 19.1. The van der Waals surface area contributed by atoms with Crippen LogP contribution in [-0.2, 0) is 0 Å². The Balaban J connectivity index is 2.08. The van der Waals surface area contributed by atoms with E-state index in [1.54, 1.807) is 18.2 Å². The Morgan fingerprint density at radius 3 is 2.38 bits per heavy atom. The quantitative estimate of drug-likeness (QED) is 0.495. The van der Waals surface area contributed by atoms with Gasteiger partial charge < -0.3 is 5.32 Å². The van der Waals surface area contributed by atoms with Gasteiger partial charge in [-0.15, -0.1) is 0 Å². The van der Waals surface area contributed by atoms with E-state index in [4.69, 9.17) is 0 Å². The van der Waals surface area contributed by atoms with Gasteiger partial charge in [0, 0.05) is 23.7 Å². The van der Waals surface area contributed by atoms with Crippen molar-refractivity contribution in [2.24, 2.45) is 5.92 Å². The van der Waals surface area contributed by atoms with Crippen LogP contribution in [0.5, 0.6) is 0 Å². The topological polar surface area (TPSA) is 90.1 Å². The summed E-state index contributed by atoms with van der Waals surface area (Å²) in [5.74, 6) is -0.594. The van der Waals surface area contributed by atoms with Crippen molar-refractivity contribution in [1.29, 1.82) is 0 Å². The van der Waals surface area contributed by atoms with Crippen molar-refractivity contribution in [3.63, 3.8) is 0 Å². The molecular formula is C21H21FN4O3. The van der Waals surface area contributed by atoms with Gasteiger partial charge in [0.25, 0.3) is 11.6 Å². The Kier molecular flexibility index (Phi) is 5.72. The lowest BCUT2D eigenvalue weighted by Gasteiger charge is -2.17. The molecule has 1 heterocycles. The van der Waals surface area contributed by atoms with Crippen LogP contribution in [0.2, 0.25) is 0 Å². The lowest BCUT2D eigenvalue weighted by molar-refractivity contribution is -0.384. The highest BCUT2D eigenvalue weighted by Crippen LogP contribution is 2.25. The normalized spacial score (nSPS) is 12.0. The van der Waals surface area contributed by atoms with E-state index < -0.39 is 10.7 Å². The van der Waals surface area contributed by atoms with Crippen molar-refractivity contribution in [3.8, 4) is 16.9 Å². The van der Waals surface area contributed by atoms with E-state index in [1.807, 2.05) is 20.8 Å².